The Morgan fingerprint density at radius 3 is 2.64 bits per heavy atom. The summed E-state index contributed by atoms with van der Waals surface area (Å²) in [7, 11) is 1.62. The summed E-state index contributed by atoms with van der Waals surface area (Å²) >= 11 is 0. The Hall–Kier alpha value is -6.72. The summed E-state index contributed by atoms with van der Waals surface area (Å²) in [5.74, 6) is -0.443. The number of carbonyl (C=O) groups excluding carboxylic acids is 2. The molecule has 6 aromatic rings. The smallest absolute Gasteiger partial charge is 0.300 e. The fourth-order valence-corrected chi connectivity index (χ4v) is 6.75. The van der Waals surface area contributed by atoms with Crippen LogP contribution in [-0.2, 0) is 35.4 Å². The van der Waals surface area contributed by atoms with E-state index >= 15 is 0 Å². The summed E-state index contributed by atoms with van der Waals surface area (Å²) < 4.78 is 11.8. The van der Waals surface area contributed by atoms with Crippen molar-refractivity contribution in [2.24, 2.45) is 16.1 Å². The van der Waals surface area contributed by atoms with Gasteiger partial charge >= 0.3 is 5.69 Å². The van der Waals surface area contributed by atoms with E-state index in [0.29, 0.717) is 75.8 Å². The number of aryl methyl sites for hydroxylation is 3. The van der Waals surface area contributed by atoms with E-state index in [2.05, 4.69) is 46.5 Å². The zero-order valence-corrected chi connectivity index (χ0v) is 30.7. The molecular weight excluding hydrogens is 722 g/mol. The predicted octanol–water partition coefficient (Wildman–Crippen LogP) is 5.47. The number of hydrogen-bond acceptors (Lipinski definition) is 14. The highest BCUT2D eigenvalue weighted by Gasteiger charge is 2.41. The molecular formula is C38H41N11O7. The number of rotatable bonds is 21. The van der Waals surface area contributed by atoms with E-state index in [-0.39, 0.29) is 35.1 Å². The number of hydrogen-bond donors (Lipinski definition) is 4. The lowest BCUT2D eigenvalue weighted by molar-refractivity contribution is -0.383. The number of carbonyl (C=O) groups is 2. The van der Waals surface area contributed by atoms with E-state index in [1.165, 1.54) is 6.07 Å². The maximum absolute atomic E-state index is 13.6. The van der Waals surface area contributed by atoms with Gasteiger partial charge in [0.2, 0.25) is 11.4 Å². The van der Waals surface area contributed by atoms with Crippen molar-refractivity contribution < 1.29 is 29.0 Å². The maximum atomic E-state index is 13.6. The number of H-pyrrole nitrogens is 1. The van der Waals surface area contributed by atoms with Crippen LogP contribution in [0.3, 0.4) is 0 Å². The number of ether oxygens (including phenoxy) is 1. The molecule has 1 aliphatic rings. The Morgan fingerprint density at radius 2 is 1.86 bits per heavy atom. The molecule has 18 heteroatoms. The normalized spacial score (nSPS) is 13.5. The van der Waals surface area contributed by atoms with Crippen molar-refractivity contribution in [2.45, 2.75) is 63.6 Å². The van der Waals surface area contributed by atoms with E-state index in [4.69, 9.17) is 9.37 Å². The lowest BCUT2D eigenvalue weighted by atomic mass is 9.89. The molecule has 1 amide bonds. The van der Waals surface area contributed by atoms with Gasteiger partial charge in [0.05, 0.1) is 29.3 Å². The van der Waals surface area contributed by atoms with Crippen LogP contribution in [0.5, 0.6) is 11.5 Å². The molecule has 0 saturated carbocycles. The number of amides is 1. The van der Waals surface area contributed by atoms with Gasteiger partial charge in [-0.25, -0.2) is 4.63 Å². The van der Waals surface area contributed by atoms with Crippen LogP contribution in [0.2, 0.25) is 0 Å². The third kappa shape index (κ3) is 8.97. The fraction of sp³-hybridized carbons (Fsp3) is 0.368. The number of non-ortho nitro benzene ring substituents is 1. The van der Waals surface area contributed by atoms with Crippen molar-refractivity contribution >= 4 is 45.0 Å². The number of phenols is 1. The highest BCUT2D eigenvalue weighted by molar-refractivity contribution is 6.01. The number of fused-ring (bicyclic) bond motifs is 2. The van der Waals surface area contributed by atoms with Gasteiger partial charge in [-0.05, 0) is 96.4 Å². The van der Waals surface area contributed by atoms with Gasteiger partial charge in [-0.15, -0.1) is 5.10 Å². The number of aromatic hydroxyl groups is 1. The molecule has 4 N–H and O–H groups in total. The first-order valence-corrected chi connectivity index (χ1v) is 18.4. The van der Waals surface area contributed by atoms with Crippen LogP contribution in [0.1, 0.15) is 48.9 Å². The Labute approximate surface area is 319 Å². The van der Waals surface area contributed by atoms with Crippen LogP contribution in [0.25, 0.3) is 21.9 Å². The summed E-state index contributed by atoms with van der Waals surface area (Å²) in [5.41, 5.74) is 3.78. The first kappa shape index (κ1) is 37.6. The number of anilines is 1. The van der Waals surface area contributed by atoms with E-state index in [1.54, 1.807) is 42.1 Å². The molecule has 1 unspecified atom stereocenters. The Kier molecular flexibility index (Phi) is 11.2. The Morgan fingerprint density at radius 1 is 1.04 bits per heavy atom. The predicted molar refractivity (Wildman–Crippen MR) is 203 cm³/mol. The van der Waals surface area contributed by atoms with Crippen LogP contribution in [0.4, 0.5) is 11.4 Å². The van der Waals surface area contributed by atoms with E-state index in [9.17, 15) is 24.8 Å². The highest BCUT2D eigenvalue weighted by atomic mass is 16.6. The van der Waals surface area contributed by atoms with Gasteiger partial charge in [-0.2, -0.15) is 10.2 Å². The lowest BCUT2D eigenvalue weighted by Crippen LogP contribution is -2.37. The number of ketones is 1. The second kappa shape index (κ2) is 16.7. The Balaban J connectivity index is 0.903. The highest BCUT2D eigenvalue weighted by Crippen LogP contribution is 2.39. The van der Waals surface area contributed by atoms with Gasteiger partial charge in [0.1, 0.15) is 17.3 Å². The zero-order valence-electron chi connectivity index (χ0n) is 30.7. The summed E-state index contributed by atoms with van der Waals surface area (Å²) in [4.78, 5) is 41.2. The first-order chi connectivity index (χ1) is 27.2. The standard InChI is InChI=1S/C38H41N11O7/c1-55-28-8-9-31-30(21-28)25(22-41-31)15-19-40-37(52)29(34(51)12-5-24-3-6-27(50)7-4-24)14-17-38(45-46-38)16-13-26-23-48(47-42-26)20-2-18-39-32-10-11-33(49(53)54)36-35(32)43-56-44-36/h3-4,6-11,21-23,29,39,41,50H,2,5,12-20H2,1H3,(H,40,52). The number of nitro groups is 1. The number of nitrogens with one attached hydrogen (secondary N) is 3. The Bertz CT molecular complexity index is 2360. The van der Waals surface area contributed by atoms with E-state index < -0.39 is 16.5 Å². The molecule has 7 rings (SSSR count). The van der Waals surface area contributed by atoms with E-state index in [0.717, 1.165) is 33.5 Å². The summed E-state index contributed by atoms with van der Waals surface area (Å²) in [6, 6.07) is 15.4. The quantitative estimate of drug-likeness (QED) is 0.0309. The largest absolute Gasteiger partial charge is 0.508 e. The van der Waals surface area contributed by atoms with Gasteiger partial charge in [0.15, 0.2) is 11.2 Å². The second-order valence-electron chi connectivity index (χ2n) is 13.8. The molecule has 0 spiro atoms. The molecule has 290 valence electrons. The maximum Gasteiger partial charge on any atom is 0.300 e. The van der Waals surface area contributed by atoms with Crippen LogP contribution in [0.15, 0.2) is 81.8 Å². The van der Waals surface area contributed by atoms with Crippen molar-refractivity contribution in [3.05, 3.63) is 93.9 Å². The molecule has 3 aromatic heterocycles. The molecule has 0 bridgehead atoms. The summed E-state index contributed by atoms with van der Waals surface area (Å²) in [5, 5.41) is 52.8. The van der Waals surface area contributed by atoms with Crippen molar-refractivity contribution in [2.75, 3.05) is 25.5 Å². The number of methoxy groups -OCH3 is 1. The number of aromatic nitrogens is 6. The van der Waals surface area contributed by atoms with Gasteiger partial charge in [-0.3, -0.25) is 24.4 Å². The van der Waals surface area contributed by atoms with Crippen molar-refractivity contribution in [3.8, 4) is 11.5 Å². The molecule has 56 heavy (non-hydrogen) atoms. The topological polar surface area (TPSA) is 241 Å². The van der Waals surface area contributed by atoms with Gasteiger partial charge in [0.25, 0.3) is 0 Å². The number of phenolic OH excluding ortho intramolecular Hbond substituents is 1. The molecule has 0 fully saturated rings. The number of Topliss-reactive ketones (excluding diaryl/α,β-unsaturated/α-hetero) is 1. The van der Waals surface area contributed by atoms with Crippen LogP contribution >= 0.6 is 0 Å². The SMILES string of the molecule is COc1ccc2[nH]cc(CCNC(=O)C(CCC3(CCc4cn(CCCNc5ccc([N+](=O)[O-])c6nonc56)nn4)N=N3)C(=O)CCc3ccc(O)cc3)c2c1. The van der Waals surface area contributed by atoms with Gasteiger partial charge < -0.3 is 25.5 Å². The van der Waals surface area contributed by atoms with E-state index in [1.807, 2.05) is 30.6 Å². The molecule has 1 atom stereocenters. The molecule has 0 saturated heterocycles. The molecule has 0 aliphatic carbocycles. The average molecular weight is 764 g/mol. The molecule has 0 radical (unpaired) electrons. The number of benzene rings is 3. The fourth-order valence-electron chi connectivity index (χ4n) is 6.75. The first-order valence-electron chi connectivity index (χ1n) is 18.4. The second-order valence-corrected chi connectivity index (χ2v) is 13.8. The minimum Gasteiger partial charge on any atom is -0.508 e. The van der Waals surface area contributed by atoms with Crippen LogP contribution < -0.4 is 15.4 Å². The van der Waals surface area contributed by atoms with Crippen molar-refractivity contribution in [1.29, 1.82) is 0 Å². The van der Waals surface area contributed by atoms with Crippen LogP contribution in [0, 0.1) is 16.0 Å². The number of nitro benzene ring substituents is 1. The van der Waals surface area contributed by atoms with Gasteiger partial charge in [-0.1, -0.05) is 17.3 Å². The lowest BCUT2D eigenvalue weighted by Gasteiger charge is -2.18. The monoisotopic (exact) mass is 763 g/mol. The third-order valence-electron chi connectivity index (χ3n) is 10.0. The number of nitrogens with zero attached hydrogens (tertiary/aromatic N) is 8. The third-order valence-corrected chi connectivity index (χ3v) is 10.0. The summed E-state index contributed by atoms with van der Waals surface area (Å²) in [6.07, 6.45) is 7.54. The minimum atomic E-state index is -0.866. The zero-order chi connectivity index (χ0) is 39.1. The molecule has 4 heterocycles. The number of aromatic amines is 1. The van der Waals surface area contributed by atoms with Crippen molar-refractivity contribution in [3.63, 3.8) is 0 Å². The van der Waals surface area contributed by atoms with Crippen molar-refractivity contribution in [1.82, 2.24) is 35.6 Å². The van der Waals surface area contributed by atoms with Crippen LogP contribution in [-0.4, -0.2) is 77.9 Å². The molecule has 18 nitrogen and oxygen atoms in total. The average Bonchev–Trinajstić information content (AvgIpc) is 3.52. The summed E-state index contributed by atoms with van der Waals surface area (Å²) in [6.45, 7) is 1.47. The van der Waals surface area contributed by atoms with Gasteiger partial charge in [0, 0.05) is 61.8 Å². The minimum absolute atomic E-state index is 0.0862. The molecule has 3 aromatic carbocycles. The molecule has 1 aliphatic heterocycles.